The molecule has 0 aromatic carbocycles. The largest absolute Gasteiger partial charge is 0.368 e. The predicted octanol–water partition coefficient (Wildman–Crippen LogP) is 1.16. The molecule has 2 atom stereocenters. The lowest BCUT2D eigenvalue weighted by Gasteiger charge is -2.23. The highest BCUT2D eigenvalue weighted by molar-refractivity contribution is 5.81. The van der Waals surface area contributed by atoms with Crippen molar-refractivity contribution in [2.45, 2.75) is 38.3 Å². The summed E-state index contributed by atoms with van der Waals surface area (Å²) >= 11 is 0. The highest BCUT2D eigenvalue weighted by Crippen LogP contribution is 2.15. The van der Waals surface area contributed by atoms with Gasteiger partial charge >= 0.3 is 0 Å². The average Bonchev–Trinajstić information content (AvgIpc) is 2.83. The van der Waals surface area contributed by atoms with Gasteiger partial charge in [-0.05, 0) is 26.2 Å². The summed E-state index contributed by atoms with van der Waals surface area (Å²) in [5.74, 6) is -0.0200. The van der Waals surface area contributed by atoms with Gasteiger partial charge in [0.1, 0.15) is 6.10 Å². The van der Waals surface area contributed by atoms with E-state index < -0.39 is 0 Å². The quantitative estimate of drug-likeness (QED) is 0.808. The van der Waals surface area contributed by atoms with Crippen LogP contribution in [0, 0.1) is 0 Å². The van der Waals surface area contributed by atoms with Gasteiger partial charge in [0.25, 0.3) is 0 Å². The van der Waals surface area contributed by atoms with Crippen molar-refractivity contribution >= 4 is 5.91 Å². The van der Waals surface area contributed by atoms with Crippen molar-refractivity contribution < 1.29 is 9.53 Å². The summed E-state index contributed by atoms with van der Waals surface area (Å²) in [7, 11) is 0. The number of hydrogen-bond donors (Lipinski definition) is 2. The van der Waals surface area contributed by atoms with E-state index in [-0.39, 0.29) is 18.1 Å². The molecule has 1 aromatic heterocycles. The number of ether oxygens (including phenoxy) is 1. The van der Waals surface area contributed by atoms with Gasteiger partial charge < -0.3 is 10.1 Å². The number of amides is 1. The van der Waals surface area contributed by atoms with Gasteiger partial charge in [0.15, 0.2) is 0 Å². The highest BCUT2D eigenvalue weighted by Gasteiger charge is 2.23. The Morgan fingerprint density at radius 1 is 1.69 bits per heavy atom. The number of rotatable bonds is 3. The minimum absolute atomic E-state index is 0.0200. The second kappa shape index (κ2) is 5.12. The summed E-state index contributed by atoms with van der Waals surface area (Å²) in [6, 6.07) is -0.0308. The number of H-pyrrole nitrogens is 1. The Labute approximate surface area is 94.6 Å². The van der Waals surface area contributed by atoms with Crippen LogP contribution in [-0.4, -0.2) is 28.8 Å². The molecule has 1 aromatic rings. The van der Waals surface area contributed by atoms with Crippen LogP contribution < -0.4 is 5.32 Å². The topological polar surface area (TPSA) is 67.0 Å². The maximum atomic E-state index is 11.8. The Hall–Kier alpha value is -1.36. The van der Waals surface area contributed by atoms with E-state index >= 15 is 0 Å². The lowest BCUT2D eigenvalue weighted by atomic mass is 10.1. The van der Waals surface area contributed by atoms with Gasteiger partial charge in [-0.15, -0.1) is 0 Å². The van der Waals surface area contributed by atoms with Crippen molar-refractivity contribution in [2.75, 3.05) is 6.61 Å². The molecule has 0 saturated carbocycles. The lowest BCUT2D eigenvalue weighted by molar-refractivity contribution is -0.136. The Kier molecular flexibility index (Phi) is 3.56. The van der Waals surface area contributed by atoms with Gasteiger partial charge in [-0.3, -0.25) is 9.89 Å². The molecule has 1 amide bonds. The van der Waals surface area contributed by atoms with Gasteiger partial charge in [-0.1, -0.05) is 0 Å². The van der Waals surface area contributed by atoms with Gasteiger partial charge in [0, 0.05) is 18.4 Å². The molecule has 2 rings (SSSR count). The van der Waals surface area contributed by atoms with E-state index in [1.165, 1.54) is 0 Å². The molecule has 5 nitrogen and oxygen atoms in total. The van der Waals surface area contributed by atoms with E-state index in [0.29, 0.717) is 6.61 Å². The van der Waals surface area contributed by atoms with E-state index in [2.05, 4.69) is 15.5 Å². The number of nitrogens with one attached hydrogen (secondary N) is 2. The second-order valence-electron chi connectivity index (χ2n) is 4.12. The molecule has 2 unspecified atom stereocenters. The highest BCUT2D eigenvalue weighted by atomic mass is 16.5. The van der Waals surface area contributed by atoms with Crippen molar-refractivity contribution in [1.82, 2.24) is 15.5 Å². The number of nitrogens with zero attached hydrogens (tertiary/aromatic N) is 1. The minimum atomic E-state index is -0.275. The summed E-state index contributed by atoms with van der Waals surface area (Å²) in [4.78, 5) is 11.8. The maximum Gasteiger partial charge on any atom is 0.249 e. The van der Waals surface area contributed by atoms with Crippen LogP contribution in [0.25, 0.3) is 0 Å². The summed E-state index contributed by atoms with van der Waals surface area (Å²) in [5.41, 5.74) is 0.976. The number of aromatic nitrogens is 2. The average molecular weight is 223 g/mol. The molecule has 1 saturated heterocycles. The first-order valence-electron chi connectivity index (χ1n) is 5.68. The van der Waals surface area contributed by atoms with Crippen molar-refractivity contribution in [2.24, 2.45) is 0 Å². The predicted molar refractivity (Wildman–Crippen MR) is 58.7 cm³/mol. The van der Waals surface area contributed by atoms with E-state index in [1.54, 1.807) is 12.4 Å². The molecule has 0 aliphatic carbocycles. The van der Waals surface area contributed by atoms with Gasteiger partial charge in [0.05, 0.1) is 12.2 Å². The molecule has 1 aliphatic rings. The third-order valence-corrected chi connectivity index (χ3v) is 2.85. The Bertz CT molecular complexity index is 331. The summed E-state index contributed by atoms with van der Waals surface area (Å²) < 4.78 is 5.42. The van der Waals surface area contributed by atoms with Gasteiger partial charge in [-0.25, -0.2) is 0 Å². The Morgan fingerprint density at radius 2 is 2.56 bits per heavy atom. The minimum Gasteiger partial charge on any atom is -0.368 e. The zero-order chi connectivity index (χ0) is 11.4. The van der Waals surface area contributed by atoms with E-state index in [4.69, 9.17) is 4.74 Å². The summed E-state index contributed by atoms with van der Waals surface area (Å²) in [6.07, 6.45) is 6.17. The summed E-state index contributed by atoms with van der Waals surface area (Å²) in [6.45, 7) is 2.63. The van der Waals surface area contributed by atoms with Crippen molar-refractivity contribution in [1.29, 1.82) is 0 Å². The molecule has 2 N–H and O–H groups in total. The van der Waals surface area contributed by atoms with E-state index in [1.807, 2.05) is 6.92 Å². The van der Waals surface area contributed by atoms with Gasteiger partial charge in [0.2, 0.25) is 5.91 Å². The molecule has 0 bridgehead atoms. The van der Waals surface area contributed by atoms with Crippen molar-refractivity contribution in [3.8, 4) is 0 Å². The molecule has 0 radical (unpaired) electrons. The van der Waals surface area contributed by atoms with E-state index in [0.717, 1.165) is 24.8 Å². The second-order valence-corrected chi connectivity index (χ2v) is 4.12. The SMILES string of the molecule is CC(NC(=O)C1CCCCO1)c1cn[nH]c1. The van der Waals surface area contributed by atoms with Crippen molar-refractivity contribution in [3.05, 3.63) is 18.0 Å². The first-order valence-corrected chi connectivity index (χ1v) is 5.68. The molecule has 0 spiro atoms. The Morgan fingerprint density at radius 3 is 3.19 bits per heavy atom. The van der Waals surface area contributed by atoms with Crippen LogP contribution in [-0.2, 0) is 9.53 Å². The molecule has 1 aliphatic heterocycles. The number of hydrogen-bond acceptors (Lipinski definition) is 3. The fraction of sp³-hybridized carbons (Fsp3) is 0.636. The normalized spacial score (nSPS) is 22.7. The van der Waals surface area contributed by atoms with Crippen molar-refractivity contribution in [3.63, 3.8) is 0 Å². The molecule has 2 heterocycles. The first kappa shape index (κ1) is 11.1. The van der Waals surface area contributed by atoms with Crippen LogP contribution in [0.1, 0.15) is 37.8 Å². The number of carbonyl (C=O) groups is 1. The monoisotopic (exact) mass is 223 g/mol. The third kappa shape index (κ3) is 2.61. The fourth-order valence-corrected chi connectivity index (χ4v) is 1.83. The van der Waals surface area contributed by atoms with Crippen LogP contribution >= 0.6 is 0 Å². The zero-order valence-corrected chi connectivity index (χ0v) is 9.40. The summed E-state index contributed by atoms with van der Waals surface area (Å²) in [5, 5.41) is 9.51. The molecular weight excluding hydrogens is 206 g/mol. The maximum absolute atomic E-state index is 11.8. The number of carbonyl (C=O) groups excluding carboxylic acids is 1. The van der Waals surface area contributed by atoms with Crippen LogP contribution in [0.2, 0.25) is 0 Å². The Balaban J connectivity index is 1.86. The standard InChI is InChI=1S/C11H17N3O2/c1-8(9-6-12-13-7-9)14-11(15)10-4-2-3-5-16-10/h6-8,10H,2-5H2,1H3,(H,12,13)(H,14,15). The van der Waals surface area contributed by atoms with Crippen LogP contribution in [0.5, 0.6) is 0 Å². The van der Waals surface area contributed by atoms with Crippen LogP contribution in [0.4, 0.5) is 0 Å². The van der Waals surface area contributed by atoms with Crippen LogP contribution in [0.3, 0.4) is 0 Å². The lowest BCUT2D eigenvalue weighted by Crippen LogP contribution is -2.39. The molecule has 5 heteroatoms. The van der Waals surface area contributed by atoms with E-state index in [9.17, 15) is 4.79 Å². The van der Waals surface area contributed by atoms with Gasteiger partial charge in [-0.2, -0.15) is 5.10 Å². The van der Waals surface area contributed by atoms with Crippen LogP contribution in [0.15, 0.2) is 12.4 Å². The molecule has 1 fully saturated rings. The zero-order valence-electron chi connectivity index (χ0n) is 9.40. The first-order chi connectivity index (χ1) is 7.77. The fourth-order valence-electron chi connectivity index (χ4n) is 1.83. The molecule has 16 heavy (non-hydrogen) atoms. The molecular formula is C11H17N3O2. The molecule has 88 valence electrons. The smallest absolute Gasteiger partial charge is 0.249 e. The third-order valence-electron chi connectivity index (χ3n) is 2.85. The number of aromatic amines is 1.